The van der Waals surface area contributed by atoms with Gasteiger partial charge in [-0.15, -0.1) is 0 Å². The van der Waals surface area contributed by atoms with Gasteiger partial charge in [0.15, 0.2) is 17.8 Å². The van der Waals surface area contributed by atoms with E-state index in [1.807, 2.05) is 13.0 Å². The van der Waals surface area contributed by atoms with Crippen molar-refractivity contribution in [2.24, 2.45) is 0 Å². The van der Waals surface area contributed by atoms with Gasteiger partial charge in [0.1, 0.15) is 17.1 Å². The molecule has 3 aromatic rings. The fraction of sp³-hybridized carbons (Fsp3) is 0.292. The van der Waals surface area contributed by atoms with E-state index in [0.29, 0.717) is 30.2 Å². The minimum atomic E-state index is -0.621. The molecule has 7 nitrogen and oxygen atoms in total. The molecule has 3 fully saturated rings. The number of ether oxygens (including phenoxy) is 1. The summed E-state index contributed by atoms with van der Waals surface area (Å²) in [5.41, 5.74) is 0.206. The number of hydrogen-bond donors (Lipinski definition) is 2. The predicted octanol–water partition coefficient (Wildman–Crippen LogP) is 3.49. The van der Waals surface area contributed by atoms with Gasteiger partial charge in [0.25, 0.3) is 11.8 Å². The van der Waals surface area contributed by atoms with Crippen LogP contribution in [0.25, 0.3) is 11.0 Å². The zero-order valence-corrected chi connectivity index (χ0v) is 18.4. The molecule has 170 valence electrons. The van der Waals surface area contributed by atoms with Crippen molar-refractivity contribution < 1.29 is 23.1 Å². The zero-order valence-electron chi connectivity index (χ0n) is 17.7. The van der Waals surface area contributed by atoms with Crippen molar-refractivity contribution in [3.63, 3.8) is 0 Å². The van der Waals surface area contributed by atoms with Crippen molar-refractivity contribution in [2.75, 3.05) is 6.61 Å². The van der Waals surface area contributed by atoms with Crippen LogP contribution in [-0.2, 0) is 4.79 Å². The number of carbonyl (C=O) groups excluding carboxylic acids is 2. The third kappa shape index (κ3) is 3.95. The van der Waals surface area contributed by atoms with Crippen LogP contribution in [0.5, 0.6) is 5.75 Å². The second kappa shape index (κ2) is 7.59. The molecular weight excluding hydrogens is 451 g/mol. The van der Waals surface area contributed by atoms with E-state index in [1.54, 1.807) is 12.1 Å². The standard InChI is InChI=1S/C24H20ClFN2O5/c1-13-2-5-19-15(6-13)18(29)8-20(33-19)22(31)28-24-10-23(11-24,12-24)27-21(30)9-32-14-3-4-16(25)17(26)7-14/h2-8H,9-12H2,1H3,(H,27,30)(H,28,31). The summed E-state index contributed by atoms with van der Waals surface area (Å²) in [5.74, 6) is -1.24. The van der Waals surface area contributed by atoms with Crippen LogP contribution in [0.1, 0.15) is 35.4 Å². The number of hydrogen-bond acceptors (Lipinski definition) is 5. The minimum Gasteiger partial charge on any atom is -0.484 e. The number of carbonyl (C=O) groups is 2. The maximum absolute atomic E-state index is 13.5. The third-order valence-corrected chi connectivity index (χ3v) is 6.49. The molecule has 1 aromatic heterocycles. The van der Waals surface area contributed by atoms with Crippen molar-refractivity contribution >= 4 is 34.4 Å². The average Bonchev–Trinajstić information content (AvgIpc) is 2.72. The number of halogens is 2. The number of rotatable bonds is 6. The molecule has 3 aliphatic rings. The lowest BCUT2D eigenvalue weighted by Crippen LogP contribution is -2.84. The quantitative estimate of drug-likeness (QED) is 0.574. The van der Waals surface area contributed by atoms with Crippen LogP contribution < -0.4 is 20.8 Å². The van der Waals surface area contributed by atoms with Crippen molar-refractivity contribution in [2.45, 2.75) is 37.3 Å². The van der Waals surface area contributed by atoms with Crippen LogP contribution in [0.15, 0.2) is 51.7 Å². The first kappa shape index (κ1) is 21.5. The van der Waals surface area contributed by atoms with Gasteiger partial charge >= 0.3 is 0 Å². The Bertz CT molecular complexity index is 1350. The summed E-state index contributed by atoms with van der Waals surface area (Å²) in [6.07, 6.45) is 1.72. The molecule has 3 saturated carbocycles. The summed E-state index contributed by atoms with van der Waals surface area (Å²) in [6, 6.07) is 10.4. The van der Waals surface area contributed by atoms with Crippen molar-refractivity contribution in [1.82, 2.24) is 10.6 Å². The van der Waals surface area contributed by atoms with Gasteiger partial charge < -0.3 is 19.8 Å². The molecular formula is C24H20ClFN2O5. The van der Waals surface area contributed by atoms with Gasteiger partial charge in [-0.25, -0.2) is 4.39 Å². The van der Waals surface area contributed by atoms with Gasteiger partial charge in [-0.2, -0.15) is 0 Å². The van der Waals surface area contributed by atoms with Crippen LogP contribution in [0.4, 0.5) is 4.39 Å². The van der Waals surface area contributed by atoms with Crippen LogP contribution in [0, 0.1) is 12.7 Å². The van der Waals surface area contributed by atoms with Crippen LogP contribution in [-0.4, -0.2) is 29.5 Å². The highest BCUT2D eigenvalue weighted by molar-refractivity contribution is 6.30. The fourth-order valence-corrected chi connectivity index (χ4v) is 4.90. The Hall–Kier alpha value is -3.39. The number of aryl methyl sites for hydroxylation is 1. The zero-order chi connectivity index (χ0) is 23.4. The number of benzene rings is 2. The molecule has 2 amide bonds. The molecule has 2 aromatic carbocycles. The Kier molecular flexibility index (Phi) is 4.93. The first-order valence-corrected chi connectivity index (χ1v) is 10.8. The largest absolute Gasteiger partial charge is 0.484 e. The molecule has 3 aliphatic carbocycles. The predicted molar refractivity (Wildman–Crippen MR) is 119 cm³/mol. The lowest BCUT2D eigenvalue weighted by molar-refractivity contribution is -0.141. The number of nitrogens with one attached hydrogen (secondary N) is 2. The van der Waals surface area contributed by atoms with Gasteiger partial charge in [0.05, 0.1) is 10.4 Å². The topological polar surface area (TPSA) is 97.6 Å². The molecule has 2 N–H and O–H groups in total. The van der Waals surface area contributed by atoms with Crippen LogP contribution in [0.2, 0.25) is 5.02 Å². The Morgan fingerprint density at radius 2 is 1.82 bits per heavy atom. The molecule has 0 unspecified atom stereocenters. The van der Waals surface area contributed by atoms with Crippen molar-refractivity contribution in [3.8, 4) is 5.75 Å². The number of amides is 2. The second-order valence-electron chi connectivity index (χ2n) is 8.93. The maximum atomic E-state index is 13.5. The smallest absolute Gasteiger partial charge is 0.287 e. The summed E-state index contributed by atoms with van der Waals surface area (Å²) >= 11 is 5.63. The molecule has 0 atom stereocenters. The summed E-state index contributed by atoms with van der Waals surface area (Å²) in [6.45, 7) is 1.62. The molecule has 0 saturated heterocycles. The Labute approximate surface area is 192 Å². The lowest BCUT2D eigenvalue weighted by atomic mass is 9.44. The average molecular weight is 471 g/mol. The van der Waals surface area contributed by atoms with E-state index in [9.17, 15) is 18.8 Å². The van der Waals surface area contributed by atoms with E-state index in [2.05, 4.69) is 10.6 Å². The van der Waals surface area contributed by atoms with E-state index in [4.69, 9.17) is 20.8 Å². The second-order valence-corrected chi connectivity index (χ2v) is 9.34. The third-order valence-electron chi connectivity index (χ3n) is 6.18. The van der Waals surface area contributed by atoms with E-state index in [1.165, 1.54) is 18.2 Å². The van der Waals surface area contributed by atoms with Crippen molar-refractivity contribution in [3.05, 3.63) is 74.9 Å². The van der Waals surface area contributed by atoms with Crippen molar-refractivity contribution in [1.29, 1.82) is 0 Å². The molecule has 0 spiro atoms. The monoisotopic (exact) mass is 470 g/mol. The molecule has 33 heavy (non-hydrogen) atoms. The lowest BCUT2D eigenvalue weighted by Gasteiger charge is -2.70. The normalized spacial score (nSPS) is 22.8. The van der Waals surface area contributed by atoms with E-state index in [-0.39, 0.29) is 40.0 Å². The fourth-order valence-electron chi connectivity index (χ4n) is 4.78. The SMILES string of the molecule is Cc1ccc2oc(C(=O)NC34CC(NC(=O)COc5ccc(Cl)c(F)c5)(C3)C4)cc(=O)c2c1. The highest BCUT2D eigenvalue weighted by Gasteiger charge is 2.69. The maximum Gasteiger partial charge on any atom is 0.287 e. The van der Waals surface area contributed by atoms with E-state index in [0.717, 1.165) is 11.6 Å². The highest BCUT2D eigenvalue weighted by atomic mass is 35.5. The van der Waals surface area contributed by atoms with Gasteiger partial charge in [-0.3, -0.25) is 14.4 Å². The molecule has 6 rings (SSSR count). The molecule has 9 heteroatoms. The Morgan fingerprint density at radius 3 is 2.55 bits per heavy atom. The summed E-state index contributed by atoms with van der Waals surface area (Å²) < 4.78 is 24.4. The summed E-state index contributed by atoms with van der Waals surface area (Å²) in [5, 5.41) is 6.27. The molecule has 2 bridgehead atoms. The summed E-state index contributed by atoms with van der Waals surface area (Å²) in [4.78, 5) is 37.3. The Morgan fingerprint density at radius 1 is 1.09 bits per heavy atom. The van der Waals surface area contributed by atoms with Crippen LogP contribution >= 0.6 is 11.6 Å². The van der Waals surface area contributed by atoms with E-state index < -0.39 is 17.3 Å². The minimum absolute atomic E-state index is 0.0222. The van der Waals surface area contributed by atoms with Gasteiger partial charge in [-0.05, 0) is 50.5 Å². The molecule has 1 heterocycles. The summed E-state index contributed by atoms with van der Waals surface area (Å²) in [7, 11) is 0. The first-order valence-electron chi connectivity index (χ1n) is 10.4. The molecule has 0 radical (unpaired) electrons. The van der Waals surface area contributed by atoms with Gasteiger partial charge in [-0.1, -0.05) is 23.2 Å². The Balaban J connectivity index is 1.15. The van der Waals surface area contributed by atoms with Gasteiger partial charge in [0, 0.05) is 23.2 Å². The number of fused-ring (bicyclic) bond motifs is 1. The van der Waals surface area contributed by atoms with Crippen LogP contribution in [0.3, 0.4) is 0 Å². The molecule has 0 aliphatic heterocycles. The highest BCUT2D eigenvalue weighted by Crippen LogP contribution is 2.60. The van der Waals surface area contributed by atoms with E-state index >= 15 is 0 Å². The first-order chi connectivity index (χ1) is 15.7. The van der Waals surface area contributed by atoms with Gasteiger partial charge in [0.2, 0.25) is 0 Å².